The highest BCUT2D eigenvalue weighted by molar-refractivity contribution is 7.12. The van der Waals surface area contributed by atoms with Crippen molar-refractivity contribution >= 4 is 23.1 Å². The van der Waals surface area contributed by atoms with Crippen molar-refractivity contribution in [2.45, 2.75) is 26.9 Å². The van der Waals surface area contributed by atoms with Crippen LogP contribution in [-0.4, -0.2) is 32.1 Å². The average molecular weight is 267 g/mol. The minimum absolute atomic E-state index is 0.0107. The van der Waals surface area contributed by atoms with E-state index in [1.165, 1.54) is 16.0 Å². The SMILES string of the molecule is Cc1csc(-n2nnc(C(=O)OC(C)C)c2N)n1. The van der Waals surface area contributed by atoms with Gasteiger partial charge in [-0.25, -0.2) is 9.78 Å². The lowest BCUT2D eigenvalue weighted by Crippen LogP contribution is -2.14. The summed E-state index contributed by atoms with van der Waals surface area (Å²) in [6, 6.07) is 0. The highest BCUT2D eigenvalue weighted by atomic mass is 32.1. The first-order chi connectivity index (χ1) is 8.49. The molecule has 2 rings (SSSR count). The molecule has 8 heteroatoms. The van der Waals surface area contributed by atoms with Crippen molar-refractivity contribution in [2.75, 3.05) is 5.73 Å². The van der Waals surface area contributed by atoms with Crippen LogP contribution >= 0.6 is 11.3 Å². The summed E-state index contributed by atoms with van der Waals surface area (Å²) in [7, 11) is 0. The van der Waals surface area contributed by atoms with Gasteiger partial charge in [-0.15, -0.1) is 16.4 Å². The van der Waals surface area contributed by atoms with Gasteiger partial charge in [0.15, 0.2) is 5.82 Å². The molecule has 0 spiro atoms. The van der Waals surface area contributed by atoms with Crippen molar-refractivity contribution < 1.29 is 9.53 Å². The number of thiazole rings is 1. The Morgan fingerprint density at radius 2 is 2.28 bits per heavy atom. The second kappa shape index (κ2) is 4.73. The maximum absolute atomic E-state index is 11.7. The van der Waals surface area contributed by atoms with Gasteiger partial charge in [0, 0.05) is 5.38 Å². The Kier molecular flexibility index (Phi) is 3.28. The van der Waals surface area contributed by atoms with Gasteiger partial charge in [-0.1, -0.05) is 5.21 Å². The second-order valence-electron chi connectivity index (χ2n) is 3.96. The van der Waals surface area contributed by atoms with Crippen molar-refractivity contribution in [3.63, 3.8) is 0 Å². The van der Waals surface area contributed by atoms with E-state index in [1.807, 2.05) is 12.3 Å². The number of aryl methyl sites for hydroxylation is 1. The lowest BCUT2D eigenvalue weighted by molar-refractivity contribution is 0.0372. The van der Waals surface area contributed by atoms with Gasteiger partial charge in [-0.05, 0) is 20.8 Å². The third-order valence-electron chi connectivity index (χ3n) is 2.03. The molecular formula is C10H13N5O2S. The van der Waals surface area contributed by atoms with Crippen molar-refractivity contribution in [3.05, 3.63) is 16.8 Å². The summed E-state index contributed by atoms with van der Waals surface area (Å²) in [6.45, 7) is 5.37. The van der Waals surface area contributed by atoms with E-state index in [0.717, 1.165) is 5.69 Å². The minimum atomic E-state index is -0.581. The molecule has 0 aliphatic rings. The van der Waals surface area contributed by atoms with E-state index >= 15 is 0 Å². The molecule has 0 saturated heterocycles. The van der Waals surface area contributed by atoms with Gasteiger partial charge in [-0.2, -0.15) is 4.68 Å². The number of carbonyl (C=O) groups excluding carboxylic acids is 1. The third-order valence-corrected chi connectivity index (χ3v) is 2.96. The minimum Gasteiger partial charge on any atom is -0.458 e. The van der Waals surface area contributed by atoms with Gasteiger partial charge in [0.25, 0.3) is 0 Å². The number of anilines is 1. The maximum atomic E-state index is 11.7. The van der Waals surface area contributed by atoms with Gasteiger partial charge < -0.3 is 10.5 Å². The number of ether oxygens (including phenoxy) is 1. The Hall–Kier alpha value is -1.96. The van der Waals surface area contributed by atoms with Gasteiger partial charge in [-0.3, -0.25) is 0 Å². The zero-order valence-corrected chi connectivity index (χ0v) is 11.1. The molecule has 2 N–H and O–H groups in total. The molecule has 0 unspecified atom stereocenters. The van der Waals surface area contributed by atoms with Crippen LogP contribution in [0.5, 0.6) is 0 Å². The summed E-state index contributed by atoms with van der Waals surface area (Å²) < 4.78 is 6.35. The lowest BCUT2D eigenvalue weighted by atomic mass is 10.4. The number of hydrogen-bond acceptors (Lipinski definition) is 7. The zero-order valence-electron chi connectivity index (χ0n) is 10.2. The van der Waals surface area contributed by atoms with Crippen LogP contribution in [-0.2, 0) is 4.74 Å². The summed E-state index contributed by atoms with van der Waals surface area (Å²) in [6.07, 6.45) is -0.232. The van der Waals surface area contributed by atoms with Crippen LogP contribution in [0, 0.1) is 6.92 Å². The summed E-state index contributed by atoms with van der Waals surface area (Å²) in [5.74, 6) is -0.447. The maximum Gasteiger partial charge on any atom is 0.363 e. The van der Waals surface area contributed by atoms with Crippen LogP contribution in [0.25, 0.3) is 5.13 Å². The van der Waals surface area contributed by atoms with E-state index in [4.69, 9.17) is 10.5 Å². The smallest absolute Gasteiger partial charge is 0.363 e. The molecule has 0 atom stereocenters. The number of esters is 1. The molecule has 0 aliphatic carbocycles. The summed E-state index contributed by atoms with van der Waals surface area (Å²) in [4.78, 5) is 15.9. The first-order valence-electron chi connectivity index (χ1n) is 5.33. The Labute approximate surface area is 108 Å². The Morgan fingerprint density at radius 1 is 1.56 bits per heavy atom. The second-order valence-corrected chi connectivity index (χ2v) is 4.80. The normalized spacial score (nSPS) is 10.9. The highest BCUT2D eigenvalue weighted by Gasteiger charge is 2.21. The number of nitrogen functional groups attached to an aromatic ring is 1. The fraction of sp³-hybridized carbons (Fsp3) is 0.400. The molecule has 0 fully saturated rings. The largest absolute Gasteiger partial charge is 0.458 e. The van der Waals surface area contributed by atoms with E-state index in [1.54, 1.807) is 13.8 Å². The highest BCUT2D eigenvalue weighted by Crippen LogP contribution is 2.19. The van der Waals surface area contributed by atoms with Gasteiger partial charge in [0.2, 0.25) is 10.8 Å². The fourth-order valence-corrected chi connectivity index (χ4v) is 2.04. The molecule has 0 saturated carbocycles. The van der Waals surface area contributed by atoms with Crippen LogP contribution in [0.15, 0.2) is 5.38 Å². The van der Waals surface area contributed by atoms with Crippen LogP contribution < -0.4 is 5.73 Å². The number of hydrogen-bond donors (Lipinski definition) is 1. The molecule has 2 aromatic rings. The van der Waals surface area contributed by atoms with Crippen LogP contribution in [0.3, 0.4) is 0 Å². The monoisotopic (exact) mass is 267 g/mol. The van der Waals surface area contributed by atoms with Crippen LogP contribution in [0.1, 0.15) is 30.0 Å². The molecule has 0 radical (unpaired) electrons. The molecule has 2 heterocycles. The molecule has 0 amide bonds. The quantitative estimate of drug-likeness (QED) is 0.839. The first kappa shape index (κ1) is 12.5. The van der Waals surface area contributed by atoms with Crippen LogP contribution in [0.4, 0.5) is 5.82 Å². The molecule has 7 nitrogen and oxygen atoms in total. The van der Waals surface area contributed by atoms with Gasteiger partial charge in [0.05, 0.1) is 11.8 Å². The average Bonchev–Trinajstić information content (AvgIpc) is 2.83. The van der Waals surface area contributed by atoms with Gasteiger partial charge >= 0.3 is 5.97 Å². The van der Waals surface area contributed by atoms with E-state index in [9.17, 15) is 4.79 Å². The number of nitrogens with zero attached hydrogens (tertiary/aromatic N) is 4. The Morgan fingerprint density at radius 3 is 2.83 bits per heavy atom. The van der Waals surface area contributed by atoms with Crippen LogP contribution in [0.2, 0.25) is 0 Å². The topological polar surface area (TPSA) is 95.9 Å². The number of aromatic nitrogens is 4. The summed E-state index contributed by atoms with van der Waals surface area (Å²) in [5, 5.41) is 9.98. The number of rotatable bonds is 3. The zero-order chi connectivity index (χ0) is 13.3. The first-order valence-corrected chi connectivity index (χ1v) is 6.21. The summed E-state index contributed by atoms with van der Waals surface area (Å²) >= 11 is 1.37. The molecule has 18 heavy (non-hydrogen) atoms. The van der Waals surface area contributed by atoms with Crippen molar-refractivity contribution in [3.8, 4) is 5.13 Å². The molecular weight excluding hydrogens is 254 g/mol. The predicted octanol–water partition coefficient (Wildman–Crippen LogP) is 1.18. The summed E-state index contributed by atoms with van der Waals surface area (Å²) in [5.41, 5.74) is 6.69. The molecule has 0 aliphatic heterocycles. The predicted molar refractivity (Wildman–Crippen MR) is 66.7 cm³/mol. The molecule has 96 valence electrons. The van der Waals surface area contributed by atoms with E-state index in [-0.39, 0.29) is 17.6 Å². The molecule has 0 aromatic carbocycles. The standard InChI is InChI=1S/C10H13N5O2S/c1-5(2)17-9(16)7-8(11)15(14-13-7)10-12-6(3)4-18-10/h4-5H,11H2,1-3H3. The van der Waals surface area contributed by atoms with E-state index in [2.05, 4.69) is 15.3 Å². The molecule has 0 bridgehead atoms. The lowest BCUT2D eigenvalue weighted by Gasteiger charge is -2.05. The van der Waals surface area contributed by atoms with Crippen molar-refractivity contribution in [1.82, 2.24) is 20.0 Å². The van der Waals surface area contributed by atoms with E-state index in [0.29, 0.717) is 5.13 Å². The Balaban J connectivity index is 2.32. The third kappa shape index (κ3) is 2.33. The van der Waals surface area contributed by atoms with E-state index < -0.39 is 5.97 Å². The number of carbonyl (C=O) groups is 1. The van der Waals surface area contributed by atoms with Gasteiger partial charge in [0.1, 0.15) is 0 Å². The molecule has 2 aromatic heterocycles. The van der Waals surface area contributed by atoms with Crippen molar-refractivity contribution in [2.24, 2.45) is 0 Å². The van der Waals surface area contributed by atoms with Crippen molar-refractivity contribution in [1.29, 1.82) is 0 Å². The number of nitrogens with two attached hydrogens (primary N) is 1. The fourth-order valence-electron chi connectivity index (χ4n) is 1.28. The Bertz CT molecular complexity index is 575.